The van der Waals surface area contributed by atoms with Gasteiger partial charge < -0.3 is 0 Å². The average Bonchev–Trinajstić information content (AvgIpc) is 3.00. The molecule has 0 spiro atoms. The lowest BCUT2D eigenvalue weighted by molar-refractivity contribution is 0.498. The zero-order valence-corrected chi connectivity index (χ0v) is 10.0. The van der Waals surface area contributed by atoms with Crippen molar-refractivity contribution in [1.29, 1.82) is 5.26 Å². The number of rotatable bonds is 4. The Bertz CT molecular complexity index is 284. The van der Waals surface area contributed by atoms with Crippen LogP contribution in [0.15, 0.2) is 0 Å². The molecule has 0 heterocycles. The van der Waals surface area contributed by atoms with E-state index in [-0.39, 0.29) is 5.41 Å². The molecule has 2 fully saturated rings. The molecular weight excluding hydrogens is 206 g/mol. The minimum Gasteiger partial charge on any atom is -0.259 e. The third kappa shape index (κ3) is 2.81. The Labute approximate surface area is 94.5 Å². The van der Waals surface area contributed by atoms with E-state index in [0.29, 0.717) is 11.7 Å². The molecule has 2 saturated carbocycles. The SMILES string of the molecule is N#CCC1(CS(=O)C2CCCCC2)CC1. The topological polar surface area (TPSA) is 40.9 Å². The van der Waals surface area contributed by atoms with Crippen LogP contribution < -0.4 is 0 Å². The normalized spacial score (nSPS) is 26.9. The quantitative estimate of drug-likeness (QED) is 0.738. The predicted molar refractivity (Wildman–Crippen MR) is 61.8 cm³/mol. The fraction of sp³-hybridized carbons (Fsp3) is 0.917. The highest BCUT2D eigenvalue weighted by atomic mass is 32.2. The molecule has 1 atom stereocenters. The summed E-state index contributed by atoms with van der Waals surface area (Å²) in [6.07, 6.45) is 8.98. The van der Waals surface area contributed by atoms with Gasteiger partial charge in [0.2, 0.25) is 0 Å². The molecular formula is C12H19NOS. The van der Waals surface area contributed by atoms with Crippen LogP contribution in [0.4, 0.5) is 0 Å². The lowest BCUT2D eigenvalue weighted by atomic mass is 10.0. The Morgan fingerprint density at radius 1 is 1.27 bits per heavy atom. The molecule has 3 heteroatoms. The van der Waals surface area contributed by atoms with Gasteiger partial charge in [-0.15, -0.1) is 0 Å². The van der Waals surface area contributed by atoms with E-state index in [4.69, 9.17) is 5.26 Å². The molecule has 0 aromatic rings. The van der Waals surface area contributed by atoms with Gasteiger partial charge in [-0.3, -0.25) is 4.21 Å². The summed E-state index contributed by atoms with van der Waals surface area (Å²) in [6.45, 7) is 0. The first kappa shape index (κ1) is 11.1. The maximum atomic E-state index is 12.1. The molecule has 1 unspecified atom stereocenters. The molecule has 2 aliphatic rings. The third-order valence-electron chi connectivity index (χ3n) is 3.78. The maximum Gasteiger partial charge on any atom is 0.0627 e. The summed E-state index contributed by atoms with van der Waals surface area (Å²) >= 11 is 0. The van der Waals surface area contributed by atoms with Crippen molar-refractivity contribution in [2.24, 2.45) is 5.41 Å². The molecule has 15 heavy (non-hydrogen) atoms. The van der Waals surface area contributed by atoms with E-state index < -0.39 is 10.8 Å². The molecule has 2 rings (SSSR count). The highest BCUT2D eigenvalue weighted by Gasteiger charge is 2.44. The molecule has 2 aliphatic carbocycles. The highest BCUT2D eigenvalue weighted by Crippen LogP contribution is 2.49. The Hall–Kier alpha value is -0.360. The fourth-order valence-corrected chi connectivity index (χ4v) is 4.55. The molecule has 0 N–H and O–H groups in total. The van der Waals surface area contributed by atoms with Gasteiger partial charge in [0.15, 0.2) is 0 Å². The second-order valence-corrected chi connectivity index (χ2v) is 6.84. The Morgan fingerprint density at radius 2 is 1.93 bits per heavy atom. The van der Waals surface area contributed by atoms with Crippen LogP contribution in [-0.4, -0.2) is 15.2 Å². The zero-order valence-electron chi connectivity index (χ0n) is 9.21. The predicted octanol–water partition coefficient (Wildman–Crippen LogP) is 2.76. The van der Waals surface area contributed by atoms with Gasteiger partial charge in [-0.25, -0.2) is 0 Å². The van der Waals surface area contributed by atoms with Crippen molar-refractivity contribution in [2.75, 3.05) is 5.75 Å². The lowest BCUT2D eigenvalue weighted by Crippen LogP contribution is -2.24. The molecule has 0 aromatic heterocycles. The van der Waals surface area contributed by atoms with Gasteiger partial charge in [-0.2, -0.15) is 5.26 Å². The maximum absolute atomic E-state index is 12.1. The summed E-state index contributed by atoms with van der Waals surface area (Å²) in [5.41, 5.74) is 0.164. The van der Waals surface area contributed by atoms with E-state index in [1.165, 1.54) is 19.3 Å². The highest BCUT2D eigenvalue weighted by molar-refractivity contribution is 7.85. The second kappa shape index (κ2) is 4.65. The van der Waals surface area contributed by atoms with Crippen molar-refractivity contribution in [1.82, 2.24) is 0 Å². The Balaban J connectivity index is 1.84. The summed E-state index contributed by atoms with van der Waals surface area (Å²) < 4.78 is 12.1. The molecule has 2 nitrogen and oxygen atoms in total. The van der Waals surface area contributed by atoms with Gasteiger partial charge in [0, 0.05) is 28.2 Å². The van der Waals surface area contributed by atoms with E-state index in [9.17, 15) is 4.21 Å². The first-order valence-electron chi connectivity index (χ1n) is 6.00. The van der Waals surface area contributed by atoms with Crippen LogP contribution in [0.3, 0.4) is 0 Å². The van der Waals surface area contributed by atoms with Crippen molar-refractivity contribution < 1.29 is 4.21 Å². The number of hydrogen-bond acceptors (Lipinski definition) is 2. The van der Waals surface area contributed by atoms with Gasteiger partial charge >= 0.3 is 0 Å². The monoisotopic (exact) mass is 225 g/mol. The molecule has 84 valence electrons. The molecule has 0 aliphatic heterocycles. The van der Waals surface area contributed by atoms with Crippen LogP contribution in [0.2, 0.25) is 0 Å². The lowest BCUT2D eigenvalue weighted by Gasteiger charge is -2.22. The van der Waals surface area contributed by atoms with Crippen molar-refractivity contribution in [3.63, 3.8) is 0 Å². The van der Waals surface area contributed by atoms with Gasteiger partial charge in [-0.05, 0) is 31.1 Å². The number of hydrogen-bond donors (Lipinski definition) is 0. The smallest absolute Gasteiger partial charge is 0.0627 e. The van der Waals surface area contributed by atoms with Crippen molar-refractivity contribution in [3.05, 3.63) is 0 Å². The van der Waals surface area contributed by atoms with E-state index in [1.54, 1.807) is 0 Å². The van der Waals surface area contributed by atoms with Gasteiger partial charge in [0.05, 0.1) is 6.07 Å². The Morgan fingerprint density at radius 3 is 2.47 bits per heavy atom. The molecule has 0 aromatic carbocycles. The minimum absolute atomic E-state index is 0.164. The van der Waals surface area contributed by atoms with Crippen LogP contribution in [0.1, 0.15) is 51.4 Å². The molecule has 0 radical (unpaired) electrons. The summed E-state index contributed by atoms with van der Waals surface area (Å²) in [6, 6.07) is 2.24. The van der Waals surface area contributed by atoms with Crippen molar-refractivity contribution >= 4 is 10.8 Å². The first-order valence-corrected chi connectivity index (χ1v) is 7.38. The van der Waals surface area contributed by atoms with Crippen LogP contribution in [0.25, 0.3) is 0 Å². The third-order valence-corrected chi connectivity index (χ3v) is 5.90. The van der Waals surface area contributed by atoms with Crippen LogP contribution >= 0.6 is 0 Å². The van der Waals surface area contributed by atoms with Crippen molar-refractivity contribution in [3.8, 4) is 6.07 Å². The molecule has 0 bridgehead atoms. The molecule has 0 saturated heterocycles. The van der Waals surface area contributed by atoms with E-state index in [0.717, 1.165) is 31.4 Å². The average molecular weight is 225 g/mol. The van der Waals surface area contributed by atoms with E-state index in [2.05, 4.69) is 6.07 Å². The van der Waals surface area contributed by atoms with Crippen LogP contribution in [0.5, 0.6) is 0 Å². The largest absolute Gasteiger partial charge is 0.259 e. The van der Waals surface area contributed by atoms with Gasteiger partial charge in [0.1, 0.15) is 0 Å². The zero-order chi connectivity index (χ0) is 10.7. The number of nitriles is 1. The number of nitrogens with zero attached hydrogens (tertiary/aromatic N) is 1. The minimum atomic E-state index is -0.666. The summed E-state index contributed by atoms with van der Waals surface area (Å²) in [5, 5.41) is 9.16. The van der Waals surface area contributed by atoms with Gasteiger partial charge in [-0.1, -0.05) is 19.3 Å². The van der Waals surface area contributed by atoms with E-state index >= 15 is 0 Å². The summed E-state index contributed by atoms with van der Waals surface area (Å²) in [5.74, 6) is 0.797. The Kier molecular flexibility index (Phi) is 3.45. The summed E-state index contributed by atoms with van der Waals surface area (Å²) in [4.78, 5) is 0. The fourth-order valence-electron chi connectivity index (χ4n) is 2.46. The van der Waals surface area contributed by atoms with Crippen LogP contribution in [-0.2, 0) is 10.8 Å². The molecule has 0 amide bonds. The summed E-state index contributed by atoms with van der Waals surface area (Å²) in [7, 11) is -0.666. The first-order chi connectivity index (χ1) is 7.26. The standard InChI is InChI=1S/C12H19NOS/c13-9-8-12(6-7-12)10-15(14)11-4-2-1-3-5-11/h11H,1-8,10H2. The van der Waals surface area contributed by atoms with Crippen molar-refractivity contribution in [2.45, 2.75) is 56.6 Å². The second-order valence-electron chi connectivity index (χ2n) is 5.12. The van der Waals surface area contributed by atoms with Crippen LogP contribution in [0, 0.1) is 16.7 Å². The van der Waals surface area contributed by atoms with E-state index in [1.807, 2.05) is 0 Å². The van der Waals surface area contributed by atoms with Gasteiger partial charge in [0.25, 0.3) is 0 Å².